The second-order valence-corrected chi connectivity index (χ2v) is 7.62. The third kappa shape index (κ3) is 6.86. The highest BCUT2D eigenvalue weighted by Crippen LogP contribution is 2.28. The second-order valence-electron chi connectivity index (χ2n) is 7.62. The molecule has 0 amide bonds. The van der Waals surface area contributed by atoms with E-state index in [9.17, 15) is 5.11 Å². The summed E-state index contributed by atoms with van der Waals surface area (Å²) in [7, 11) is 0. The predicted octanol–water partition coefficient (Wildman–Crippen LogP) is 7.96. The van der Waals surface area contributed by atoms with Crippen molar-refractivity contribution in [3.05, 3.63) is 53.6 Å². The van der Waals surface area contributed by atoms with Gasteiger partial charge >= 0.3 is 0 Å². The van der Waals surface area contributed by atoms with Gasteiger partial charge in [0.25, 0.3) is 0 Å². The molecule has 0 aliphatic rings. The van der Waals surface area contributed by atoms with Crippen molar-refractivity contribution in [2.45, 2.75) is 84.5 Å². The largest absolute Gasteiger partial charge is 0.508 e. The summed E-state index contributed by atoms with van der Waals surface area (Å²) in [5.41, 5.74) is 2.50. The minimum atomic E-state index is 0.413. The zero-order valence-corrected chi connectivity index (χ0v) is 16.8. The Morgan fingerprint density at radius 3 is 2.23 bits per heavy atom. The van der Waals surface area contributed by atoms with E-state index < -0.39 is 0 Å². The minimum absolute atomic E-state index is 0.413. The van der Waals surface area contributed by atoms with Crippen molar-refractivity contribution in [2.24, 2.45) is 0 Å². The Labute approximate surface area is 160 Å². The molecule has 2 aromatic rings. The van der Waals surface area contributed by atoms with Crippen LogP contribution >= 0.6 is 0 Å². The van der Waals surface area contributed by atoms with Crippen LogP contribution in [0.25, 0.3) is 10.8 Å². The van der Waals surface area contributed by atoms with Crippen molar-refractivity contribution in [3.8, 4) is 5.75 Å². The van der Waals surface area contributed by atoms with Crippen molar-refractivity contribution < 1.29 is 5.11 Å². The summed E-state index contributed by atoms with van der Waals surface area (Å²) in [4.78, 5) is 0. The van der Waals surface area contributed by atoms with Gasteiger partial charge in [0.2, 0.25) is 0 Å². The van der Waals surface area contributed by atoms with E-state index in [2.05, 4.69) is 32.1 Å². The maximum absolute atomic E-state index is 10.2. The van der Waals surface area contributed by atoms with Crippen molar-refractivity contribution in [1.82, 2.24) is 0 Å². The van der Waals surface area contributed by atoms with E-state index in [0.717, 1.165) is 12.0 Å². The molecule has 0 unspecified atom stereocenters. The highest BCUT2D eigenvalue weighted by Gasteiger charge is 2.05. The van der Waals surface area contributed by atoms with Crippen molar-refractivity contribution in [2.75, 3.05) is 0 Å². The number of phenols is 1. The van der Waals surface area contributed by atoms with Gasteiger partial charge in [-0.1, -0.05) is 100 Å². The quantitative estimate of drug-likeness (QED) is 0.303. The number of rotatable bonds is 12. The fourth-order valence-corrected chi connectivity index (χ4v) is 3.63. The molecule has 142 valence electrons. The zero-order chi connectivity index (χ0) is 18.6. The lowest BCUT2D eigenvalue weighted by atomic mass is 9.99. The standard InChI is InChI=1S/C25H36O/c1-3-4-5-6-7-8-9-10-11-14-21(2)17-19-24-23-16-13-12-15-22(23)18-20-25(24)26/h12-13,15-18,20,26H,3-11,14,19H2,1-2H3/b21-17+. The summed E-state index contributed by atoms with van der Waals surface area (Å²) in [5, 5.41) is 12.6. The molecule has 0 saturated carbocycles. The number of hydrogen-bond acceptors (Lipinski definition) is 1. The number of benzene rings is 2. The third-order valence-electron chi connectivity index (χ3n) is 5.35. The minimum Gasteiger partial charge on any atom is -0.508 e. The first kappa shape index (κ1) is 20.6. The van der Waals surface area contributed by atoms with Gasteiger partial charge < -0.3 is 5.11 Å². The van der Waals surface area contributed by atoms with Gasteiger partial charge in [-0.25, -0.2) is 0 Å². The van der Waals surface area contributed by atoms with Gasteiger partial charge in [0.05, 0.1) is 0 Å². The van der Waals surface area contributed by atoms with Crippen LogP contribution < -0.4 is 0 Å². The van der Waals surface area contributed by atoms with Gasteiger partial charge in [-0.2, -0.15) is 0 Å². The molecule has 1 nitrogen and oxygen atoms in total. The predicted molar refractivity (Wildman–Crippen MR) is 115 cm³/mol. The number of allylic oxidation sites excluding steroid dienone is 2. The Bertz CT molecular complexity index is 684. The summed E-state index contributed by atoms with van der Waals surface area (Å²) in [5.74, 6) is 0.413. The van der Waals surface area contributed by atoms with Gasteiger partial charge in [-0.15, -0.1) is 0 Å². The fraction of sp³-hybridized carbons (Fsp3) is 0.520. The summed E-state index contributed by atoms with van der Waals surface area (Å²) in [6.07, 6.45) is 16.7. The molecule has 1 N–H and O–H groups in total. The molecule has 26 heavy (non-hydrogen) atoms. The van der Waals surface area contributed by atoms with E-state index >= 15 is 0 Å². The monoisotopic (exact) mass is 352 g/mol. The molecule has 0 aliphatic heterocycles. The van der Waals surface area contributed by atoms with Crippen LogP contribution in [0.3, 0.4) is 0 Å². The maximum Gasteiger partial charge on any atom is 0.119 e. The lowest BCUT2D eigenvalue weighted by Crippen LogP contribution is -1.88. The average molecular weight is 353 g/mol. The molecule has 1 heteroatoms. The van der Waals surface area contributed by atoms with Gasteiger partial charge in [0.1, 0.15) is 5.75 Å². The first-order valence-corrected chi connectivity index (χ1v) is 10.6. The molecule has 0 heterocycles. The van der Waals surface area contributed by atoms with Crippen molar-refractivity contribution in [1.29, 1.82) is 0 Å². The van der Waals surface area contributed by atoms with E-state index in [1.807, 2.05) is 24.3 Å². The van der Waals surface area contributed by atoms with Crippen LogP contribution in [-0.4, -0.2) is 5.11 Å². The molecule has 0 atom stereocenters. The molecule has 0 spiro atoms. The number of fused-ring (bicyclic) bond motifs is 1. The third-order valence-corrected chi connectivity index (χ3v) is 5.35. The van der Waals surface area contributed by atoms with E-state index in [1.54, 1.807) is 0 Å². The molecule has 0 saturated heterocycles. The molecule has 0 aromatic heterocycles. The molecule has 0 fully saturated rings. The van der Waals surface area contributed by atoms with Crippen LogP contribution in [0.1, 0.15) is 83.6 Å². The first-order valence-electron chi connectivity index (χ1n) is 10.6. The van der Waals surface area contributed by atoms with Crippen LogP contribution in [-0.2, 0) is 6.42 Å². The first-order chi connectivity index (χ1) is 12.7. The molecular formula is C25H36O. The molecule has 0 aliphatic carbocycles. The van der Waals surface area contributed by atoms with E-state index in [4.69, 9.17) is 0 Å². The van der Waals surface area contributed by atoms with Gasteiger partial charge in [-0.05, 0) is 43.0 Å². The summed E-state index contributed by atoms with van der Waals surface area (Å²) in [6.45, 7) is 4.50. The topological polar surface area (TPSA) is 20.2 Å². The number of hydrogen-bond donors (Lipinski definition) is 1. The van der Waals surface area contributed by atoms with Crippen LogP contribution in [0.15, 0.2) is 48.0 Å². The molecule has 2 rings (SSSR count). The number of phenolic OH excluding ortho intramolecular Hbond substituents is 1. The molecule has 0 radical (unpaired) electrons. The SMILES string of the molecule is CCCCCCCCCCC/C(C)=C/Cc1c(O)ccc2ccccc12. The Kier molecular flexibility index (Phi) is 9.31. The van der Waals surface area contributed by atoms with Crippen LogP contribution in [0.5, 0.6) is 5.75 Å². The van der Waals surface area contributed by atoms with Crippen LogP contribution in [0, 0.1) is 0 Å². The molecule has 0 bridgehead atoms. The number of unbranched alkanes of at least 4 members (excludes halogenated alkanes) is 8. The van der Waals surface area contributed by atoms with Gasteiger partial charge in [0.15, 0.2) is 0 Å². The Morgan fingerprint density at radius 1 is 0.846 bits per heavy atom. The maximum atomic E-state index is 10.2. The second kappa shape index (κ2) is 11.8. The van der Waals surface area contributed by atoms with E-state index in [-0.39, 0.29) is 0 Å². The summed E-state index contributed by atoms with van der Waals surface area (Å²) < 4.78 is 0. The zero-order valence-electron chi connectivity index (χ0n) is 16.8. The lowest BCUT2D eigenvalue weighted by molar-refractivity contribution is 0.471. The average Bonchev–Trinajstić information content (AvgIpc) is 2.66. The Hall–Kier alpha value is -1.76. The summed E-state index contributed by atoms with van der Waals surface area (Å²) >= 11 is 0. The number of aromatic hydroxyl groups is 1. The van der Waals surface area contributed by atoms with Crippen molar-refractivity contribution in [3.63, 3.8) is 0 Å². The molecular weight excluding hydrogens is 316 g/mol. The molecule has 2 aromatic carbocycles. The van der Waals surface area contributed by atoms with E-state index in [0.29, 0.717) is 5.75 Å². The highest BCUT2D eigenvalue weighted by atomic mass is 16.3. The van der Waals surface area contributed by atoms with Crippen molar-refractivity contribution >= 4 is 10.8 Å². The van der Waals surface area contributed by atoms with Crippen LogP contribution in [0.4, 0.5) is 0 Å². The van der Waals surface area contributed by atoms with Crippen LogP contribution in [0.2, 0.25) is 0 Å². The van der Waals surface area contributed by atoms with E-state index in [1.165, 1.54) is 80.6 Å². The lowest BCUT2D eigenvalue weighted by Gasteiger charge is -2.08. The fourth-order valence-electron chi connectivity index (χ4n) is 3.63. The smallest absolute Gasteiger partial charge is 0.119 e. The summed E-state index contributed by atoms with van der Waals surface area (Å²) in [6, 6.07) is 12.1. The Balaban J connectivity index is 1.71. The van der Waals surface area contributed by atoms with Gasteiger partial charge in [0, 0.05) is 5.56 Å². The Morgan fingerprint density at radius 2 is 1.50 bits per heavy atom. The van der Waals surface area contributed by atoms with Gasteiger partial charge in [-0.3, -0.25) is 0 Å². The highest BCUT2D eigenvalue weighted by molar-refractivity contribution is 5.87. The normalized spacial score (nSPS) is 12.0.